The number of likely N-dealkylation sites (N-methyl/N-ethyl adjacent to an activating group) is 1. The molecule has 2 aliphatic heterocycles. The molecule has 2 aromatic rings. The maximum absolute atomic E-state index is 13.6. The number of carbonyl (C=O) groups is 2. The fourth-order valence-corrected chi connectivity index (χ4v) is 4.79. The first kappa shape index (κ1) is 23.3. The van der Waals surface area contributed by atoms with Crippen molar-refractivity contribution < 1.29 is 19.1 Å². The van der Waals surface area contributed by atoms with Gasteiger partial charge in [-0.15, -0.1) is 0 Å². The lowest BCUT2D eigenvalue weighted by Crippen LogP contribution is -2.61. The zero-order valence-electron chi connectivity index (χ0n) is 19.7. The van der Waals surface area contributed by atoms with Gasteiger partial charge in [-0.3, -0.25) is 9.59 Å². The van der Waals surface area contributed by atoms with Gasteiger partial charge in [0.15, 0.2) is 5.60 Å². The van der Waals surface area contributed by atoms with E-state index in [9.17, 15) is 9.59 Å². The minimum atomic E-state index is -0.993. The van der Waals surface area contributed by atoms with Crippen LogP contribution in [0.5, 0.6) is 5.75 Å². The predicted molar refractivity (Wildman–Crippen MR) is 127 cm³/mol. The highest BCUT2D eigenvalue weighted by Crippen LogP contribution is 2.29. The van der Waals surface area contributed by atoms with Crippen LogP contribution in [0.1, 0.15) is 36.0 Å². The first-order valence-corrected chi connectivity index (χ1v) is 11.9. The summed E-state index contributed by atoms with van der Waals surface area (Å²) < 4.78 is 12.2. The van der Waals surface area contributed by atoms with E-state index >= 15 is 0 Å². The Hall–Kier alpha value is -2.86. The summed E-state index contributed by atoms with van der Waals surface area (Å²) in [5.74, 6) is 0.884. The second-order valence-corrected chi connectivity index (χ2v) is 9.15. The molecule has 1 spiro atoms. The molecule has 2 aromatic carbocycles. The number of hydrogen-bond donors (Lipinski definition) is 0. The minimum Gasteiger partial charge on any atom is -0.491 e. The van der Waals surface area contributed by atoms with Crippen LogP contribution in [0.4, 0.5) is 0 Å². The summed E-state index contributed by atoms with van der Waals surface area (Å²) in [4.78, 5) is 30.3. The zero-order valence-corrected chi connectivity index (χ0v) is 19.7. The molecule has 1 atom stereocenters. The van der Waals surface area contributed by atoms with Crippen LogP contribution in [0.3, 0.4) is 0 Å². The second-order valence-electron chi connectivity index (χ2n) is 9.15. The number of carbonyl (C=O) groups excluding carboxylic acids is 2. The molecule has 2 aliphatic rings. The van der Waals surface area contributed by atoms with Gasteiger partial charge in [0.05, 0.1) is 26.1 Å². The van der Waals surface area contributed by atoms with Gasteiger partial charge in [0.25, 0.3) is 5.91 Å². The van der Waals surface area contributed by atoms with Crippen molar-refractivity contribution in [2.45, 2.75) is 44.6 Å². The lowest BCUT2D eigenvalue weighted by Gasteiger charge is -2.43. The summed E-state index contributed by atoms with van der Waals surface area (Å²) in [6.07, 6.45) is 3.62. The van der Waals surface area contributed by atoms with Crippen LogP contribution in [-0.2, 0) is 27.2 Å². The Labute approximate surface area is 196 Å². The molecule has 33 heavy (non-hydrogen) atoms. The quantitative estimate of drug-likeness (QED) is 0.704. The van der Waals surface area contributed by atoms with E-state index in [1.807, 2.05) is 54.3 Å². The van der Waals surface area contributed by atoms with Crippen molar-refractivity contribution in [2.24, 2.45) is 0 Å². The summed E-state index contributed by atoms with van der Waals surface area (Å²) in [5, 5.41) is 0. The predicted octanol–water partition coefficient (Wildman–Crippen LogP) is 3.40. The first-order chi connectivity index (χ1) is 16.0. The van der Waals surface area contributed by atoms with Gasteiger partial charge in [0.2, 0.25) is 5.91 Å². The van der Waals surface area contributed by atoms with Gasteiger partial charge in [-0.2, -0.15) is 0 Å². The normalized spacial score (nSPS) is 22.2. The number of fused-ring (bicyclic) bond motifs is 1. The van der Waals surface area contributed by atoms with Crippen molar-refractivity contribution in [2.75, 3.05) is 39.9 Å². The third-order valence-corrected chi connectivity index (χ3v) is 6.81. The standard InChI is InChI=1S/C27H34N2O4/c1-21-9-3-4-12-23(21)19-25(30)29-16-18-33-27(20-29)14-8-7-11-22-10-5-6-13-24(22)32-17-15-28(2)26(27)31/h3-6,9-10,12-13H,7-8,11,14-20H2,1-2H3. The van der Waals surface area contributed by atoms with E-state index in [4.69, 9.17) is 9.47 Å². The molecule has 176 valence electrons. The number of aryl methyl sites for hydroxylation is 2. The first-order valence-electron chi connectivity index (χ1n) is 11.9. The molecule has 0 aliphatic carbocycles. The van der Waals surface area contributed by atoms with E-state index < -0.39 is 5.60 Å². The number of hydrogen-bond acceptors (Lipinski definition) is 4. The van der Waals surface area contributed by atoms with Gasteiger partial charge in [-0.05, 0) is 55.4 Å². The molecule has 1 saturated heterocycles. The molecule has 0 radical (unpaired) electrons. The summed E-state index contributed by atoms with van der Waals surface area (Å²) in [6.45, 7) is 4.10. The van der Waals surface area contributed by atoms with Crippen molar-refractivity contribution in [1.29, 1.82) is 0 Å². The molecule has 1 unspecified atom stereocenters. The summed E-state index contributed by atoms with van der Waals surface area (Å²) in [6, 6.07) is 16.1. The highest BCUT2D eigenvalue weighted by atomic mass is 16.5. The van der Waals surface area contributed by atoms with E-state index in [1.54, 1.807) is 11.9 Å². The van der Waals surface area contributed by atoms with Gasteiger partial charge >= 0.3 is 0 Å². The molecule has 0 aromatic heterocycles. The van der Waals surface area contributed by atoms with Gasteiger partial charge in [0, 0.05) is 13.6 Å². The van der Waals surface area contributed by atoms with Crippen LogP contribution < -0.4 is 4.74 Å². The van der Waals surface area contributed by atoms with E-state index in [0.717, 1.165) is 36.1 Å². The van der Waals surface area contributed by atoms with Gasteiger partial charge in [-0.1, -0.05) is 42.5 Å². The fourth-order valence-electron chi connectivity index (χ4n) is 4.79. The summed E-state index contributed by atoms with van der Waals surface area (Å²) >= 11 is 0. The third-order valence-electron chi connectivity index (χ3n) is 6.81. The molecular formula is C27H34N2O4. The van der Waals surface area contributed by atoms with Crippen LogP contribution in [0.15, 0.2) is 48.5 Å². The molecule has 0 N–H and O–H groups in total. The topological polar surface area (TPSA) is 59.1 Å². The number of ether oxygens (including phenoxy) is 2. The van der Waals surface area contributed by atoms with Crippen molar-refractivity contribution in [3.63, 3.8) is 0 Å². The average molecular weight is 451 g/mol. The Bertz CT molecular complexity index is 992. The SMILES string of the molecule is Cc1ccccc1CC(=O)N1CCOC2(CCCCc3ccccc3OCCN(C)C2=O)C1. The fraction of sp³-hybridized carbons (Fsp3) is 0.481. The van der Waals surface area contributed by atoms with Gasteiger partial charge < -0.3 is 19.3 Å². The molecule has 2 amide bonds. The lowest BCUT2D eigenvalue weighted by molar-refractivity contribution is -0.175. The molecule has 4 rings (SSSR count). The highest BCUT2D eigenvalue weighted by molar-refractivity contribution is 5.87. The van der Waals surface area contributed by atoms with Crippen molar-refractivity contribution in [1.82, 2.24) is 9.80 Å². The van der Waals surface area contributed by atoms with Crippen molar-refractivity contribution in [3.05, 3.63) is 65.2 Å². The Morgan fingerprint density at radius 1 is 1.03 bits per heavy atom. The van der Waals surface area contributed by atoms with Crippen LogP contribution >= 0.6 is 0 Å². The van der Waals surface area contributed by atoms with Crippen LogP contribution in [0, 0.1) is 6.92 Å². The summed E-state index contributed by atoms with van der Waals surface area (Å²) in [5.41, 5.74) is 2.34. The van der Waals surface area contributed by atoms with Crippen LogP contribution in [-0.4, -0.2) is 67.1 Å². The van der Waals surface area contributed by atoms with Gasteiger partial charge in [0.1, 0.15) is 12.4 Å². The number of benzene rings is 2. The third kappa shape index (κ3) is 5.38. The van der Waals surface area contributed by atoms with E-state index in [2.05, 4.69) is 6.07 Å². The van der Waals surface area contributed by atoms with Crippen LogP contribution in [0.25, 0.3) is 0 Å². The summed E-state index contributed by atoms with van der Waals surface area (Å²) in [7, 11) is 1.79. The Morgan fingerprint density at radius 3 is 2.67 bits per heavy atom. The Kier molecular flexibility index (Phi) is 7.33. The van der Waals surface area contributed by atoms with E-state index in [-0.39, 0.29) is 11.8 Å². The van der Waals surface area contributed by atoms with Crippen LogP contribution in [0.2, 0.25) is 0 Å². The number of nitrogens with zero attached hydrogens (tertiary/aromatic N) is 2. The number of para-hydroxylation sites is 1. The Morgan fingerprint density at radius 2 is 1.82 bits per heavy atom. The highest BCUT2D eigenvalue weighted by Gasteiger charge is 2.46. The lowest BCUT2D eigenvalue weighted by atomic mass is 9.91. The van der Waals surface area contributed by atoms with Crippen molar-refractivity contribution >= 4 is 11.8 Å². The zero-order chi connectivity index (χ0) is 23.3. The molecule has 2 heterocycles. The maximum Gasteiger partial charge on any atom is 0.256 e. The number of amides is 2. The van der Waals surface area contributed by atoms with E-state index in [1.165, 1.54) is 5.56 Å². The largest absolute Gasteiger partial charge is 0.491 e. The molecule has 0 saturated carbocycles. The Balaban J connectivity index is 1.50. The number of morpholine rings is 1. The van der Waals surface area contributed by atoms with Gasteiger partial charge in [-0.25, -0.2) is 0 Å². The number of rotatable bonds is 2. The maximum atomic E-state index is 13.6. The molecule has 6 heteroatoms. The smallest absolute Gasteiger partial charge is 0.256 e. The molecule has 6 nitrogen and oxygen atoms in total. The molecule has 1 fully saturated rings. The molecule has 0 bridgehead atoms. The minimum absolute atomic E-state index is 0.0470. The van der Waals surface area contributed by atoms with E-state index in [0.29, 0.717) is 45.7 Å². The second kappa shape index (κ2) is 10.4. The van der Waals surface area contributed by atoms with Crippen molar-refractivity contribution in [3.8, 4) is 5.75 Å². The monoisotopic (exact) mass is 450 g/mol. The average Bonchev–Trinajstić information content (AvgIpc) is 2.83. The molecular weight excluding hydrogens is 416 g/mol.